The van der Waals surface area contributed by atoms with Crippen LogP contribution in [0.15, 0.2) is 42.5 Å². The first-order valence-electron chi connectivity index (χ1n) is 14.7. The number of halogens is 5. The number of rotatable bonds is 16. The fourth-order valence-corrected chi connectivity index (χ4v) is 6.58. The van der Waals surface area contributed by atoms with Crippen molar-refractivity contribution in [3.8, 4) is 11.5 Å². The highest BCUT2D eigenvalue weighted by Gasteiger charge is 2.56. The molecule has 10 heteroatoms. The molecule has 1 unspecified atom stereocenters. The summed E-state index contributed by atoms with van der Waals surface area (Å²) in [6.45, 7) is 1.56. The van der Waals surface area contributed by atoms with Crippen molar-refractivity contribution >= 4 is 22.3 Å². The summed E-state index contributed by atoms with van der Waals surface area (Å²) >= 11 is -1.41. The smallest absolute Gasteiger partial charge is 0.453 e. The number of phenols is 2. The number of alkyl halides is 5. The Morgan fingerprint density at radius 2 is 1.45 bits per heavy atom. The Hall–Kier alpha value is -2.30. The maximum absolute atomic E-state index is 13.0. The lowest BCUT2D eigenvalue weighted by atomic mass is 9.89. The van der Waals surface area contributed by atoms with Gasteiger partial charge in [0.15, 0.2) is 0 Å². The van der Waals surface area contributed by atoms with Gasteiger partial charge in [0.2, 0.25) is 0 Å². The van der Waals surface area contributed by atoms with Gasteiger partial charge in [0.05, 0.1) is 0 Å². The van der Waals surface area contributed by atoms with E-state index in [0.29, 0.717) is 18.7 Å². The minimum atomic E-state index is -5.56. The highest BCUT2D eigenvalue weighted by Crippen LogP contribution is 2.40. The van der Waals surface area contributed by atoms with Gasteiger partial charge in [-0.25, -0.2) is 0 Å². The van der Waals surface area contributed by atoms with Crippen LogP contribution < -0.4 is 0 Å². The monoisotopic (exact) mass is 615 g/mol. The minimum Gasteiger partial charge on any atom is -0.616 e. The summed E-state index contributed by atoms with van der Waals surface area (Å²) in [4.78, 5) is 2.13. The van der Waals surface area contributed by atoms with Gasteiger partial charge in [-0.3, -0.25) is 0 Å². The van der Waals surface area contributed by atoms with Crippen LogP contribution in [0.5, 0.6) is 11.5 Å². The summed E-state index contributed by atoms with van der Waals surface area (Å²) in [7, 11) is 1.97. The summed E-state index contributed by atoms with van der Waals surface area (Å²) in [5, 5.41) is 19.8. The molecular weight excluding hydrogens is 573 g/mol. The van der Waals surface area contributed by atoms with Gasteiger partial charge in [-0.05, 0) is 111 Å². The molecule has 234 valence electrons. The van der Waals surface area contributed by atoms with Gasteiger partial charge >= 0.3 is 12.1 Å². The molecule has 0 heterocycles. The normalized spacial score (nSPS) is 15.1. The van der Waals surface area contributed by atoms with Crippen molar-refractivity contribution in [1.29, 1.82) is 0 Å². The van der Waals surface area contributed by atoms with E-state index in [-0.39, 0.29) is 17.3 Å². The van der Waals surface area contributed by atoms with Crippen LogP contribution in [-0.2, 0) is 17.6 Å². The zero-order valence-corrected chi connectivity index (χ0v) is 25.0. The maximum atomic E-state index is 13.0. The number of aromatic hydroxyl groups is 2. The third-order valence-corrected chi connectivity index (χ3v) is 9.26. The van der Waals surface area contributed by atoms with Crippen molar-refractivity contribution in [3.05, 3.63) is 59.2 Å². The fourth-order valence-electron chi connectivity index (χ4n) is 5.46. The van der Waals surface area contributed by atoms with Crippen molar-refractivity contribution in [2.75, 3.05) is 31.6 Å². The van der Waals surface area contributed by atoms with Crippen LogP contribution in [0.2, 0.25) is 0 Å². The molecule has 2 N–H and O–H groups in total. The van der Waals surface area contributed by atoms with E-state index >= 15 is 0 Å². The molecule has 42 heavy (non-hydrogen) atoms. The molecule has 0 bridgehead atoms. The molecule has 2 aromatic rings. The van der Waals surface area contributed by atoms with Crippen LogP contribution in [0.25, 0.3) is 11.1 Å². The molecule has 0 saturated heterocycles. The van der Waals surface area contributed by atoms with Crippen LogP contribution in [0.1, 0.15) is 80.9 Å². The molecule has 1 aliphatic rings. The summed E-state index contributed by atoms with van der Waals surface area (Å²) in [5.74, 6) is -4.06. The highest BCUT2D eigenvalue weighted by atomic mass is 32.2. The Bertz CT molecular complexity index is 1150. The van der Waals surface area contributed by atoms with Gasteiger partial charge < -0.3 is 19.7 Å². The Morgan fingerprint density at radius 1 is 0.810 bits per heavy atom. The Labute approximate surface area is 248 Å². The average Bonchev–Trinajstić information content (AvgIpc) is 3.09. The van der Waals surface area contributed by atoms with E-state index in [4.69, 9.17) is 0 Å². The van der Waals surface area contributed by atoms with Crippen LogP contribution in [0, 0.1) is 0 Å². The predicted octanol–water partition coefficient (Wildman–Crippen LogP) is 8.34. The number of nitrogens with zero attached hydrogens (tertiary/aromatic N) is 1. The van der Waals surface area contributed by atoms with E-state index in [1.54, 1.807) is 18.2 Å². The first-order chi connectivity index (χ1) is 19.9. The molecule has 0 radical (unpaired) electrons. The number of hydrogen-bond donors (Lipinski definition) is 2. The predicted molar refractivity (Wildman–Crippen MR) is 159 cm³/mol. The Morgan fingerprint density at radius 3 is 2.17 bits per heavy atom. The zero-order valence-electron chi connectivity index (χ0n) is 24.2. The molecule has 0 spiro atoms. The lowest BCUT2D eigenvalue weighted by Crippen LogP contribution is -2.36. The van der Waals surface area contributed by atoms with Crippen LogP contribution in [0.3, 0.4) is 0 Å². The average molecular weight is 616 g/mol. The number of hydrogen-bond acceptors (Lipinski definition) is 4. The second-order valence-corrected chi connectivity index (χ2v) is 12.9. The number of benzene rings is 2. The second-order valence-electron chi connectivity index (χ2n) is 11.2. The summed E-state index contributed by atoms with van der Waals surface area (Å²) in [5.41, 5.74) is 6.08. The Balaban J connectivity index is 1.40. The van der Waals surface area contributed by atoms with Gasteiger partial charge in [-0.2, -0.15) is 22.0 Å². The highest BCUT2D eigenvalue weighted by molar-refractivity contribution is 7.91. The minimum absolute atomic E-state index is 0.147. The fraction of sp³-hybridized carbons (Fsp3) is 0.562. The van der Waals surface area contributed by atoms with E-state index in [1.165, 1.54) is 22.3 Å². The first kappa shape index (κ1) is 34.2. The van der Waals surface area contributed by atoms with E-state index in [1.807, 2.05) is 31.3 Å². The molecule has 3 rings (SSSR count). The third kappa shape index (κ3) is 10.5. The molecule has 0 aliphatic heterocycles. The largest absolute Gasteiger partial charge is 0.616 e. The Kier molecular flexibility index (Phi) is 13.0. The van der Waals surface area contributed by atoms with Gasteiger partial charge in [-0.15, -0.1) is 0 Å². The van der Waals surface area contributed by atoms with E-state index in [0.717, 1.165) is 63.5 Å². The van der Waals surface area contributed by atoms with E-state index in [9.17, 15) is 36.7 Å². The second kappa shape index (κ2) is 16.0. The lowest BCUT2D eigenvalue weighted by Gasteiger charge is -2.20. The summed E-state index contributed by atoms with van der Waals surface area (Å²) in [6, 6.07) is 13.0. The van der Waals surface area contributed by atoms with Gasteiger partial charge in [0.1, 0.15) is 23.0 Å². The van der Waals surface area contributed by atoms with Gasteiger partial charge in [0.25, 0.3) is 0 Å². The quantitative estimate of drug-likeness (QED) is 0.113. The van der Waals surface area contributed by atoms with Crippen molar-refractivity contribution < 1.29 is 36.7 Å². The topological polar surface area (TPSA) is 66.8 Å². The van der Waals surface area contributed by atoms with Gasteiger partial charge in [-0.1, -0.05) is 42.2 Å². The molecule has 2 aromatic carbocycles. The standard InChI is InChI=1S/C32H42F5NO3S/c1-38(20-8-22-42(41)21-7-18-31(33,34)32(35,36)37)19-5-3-2-4-10-30-28(24-12-14-26(39)15-13-24)11-6-9-25-23-27(40)16-17-29(25)30/h12-17,23,39-40H,2-11,18-22H2,1H3. The van der Waals surface area contributed by atoms with Crippen molar-refractivity contribution in [3.63, 3.8) is 0 Å². The summed E-state index contributed by atoms with van der Waals surface area (Å²) in [6.07, 6.45) is 1.17. The van der Waals surface area contributed by atoms with Gasteiger partial charge in [0, 0.05) is 19.4 Å². The molecule has 0 amide bonds. The molecule has 1 aliphatic carbocycles. The van der Waals surface area contributed by atoms with Crippen LogP contribution in [0.4, 0.5) is 22.0 Å². The van der Waals surface area contributed by atoms with Crippen LogP contribution >= 0.6 is 0 Å². The lowest BCUT2D eigenvalue weighted by molar-refractivity contribution is -0.284. The number of aryl methyl sites for hydroxylation is 1. The SMILES string of the molecule is CN(CCCCCCC1=C(c2ccc(O)cc2)CCCc2cc(O)ccc21)CCC[S+]([O-])CCCC(F)(F)C(F)(F)F. The third-order valence-electron chi connectivity index (χ3n) is 7.77. The van der Waals surface area contributed by atoms with E-state index < -0.39 is 36.1 Å². The zero-order chi connectivity index (χ0) is 30.8. The van der Waals surface area contributed by atoms with Crippen LogP contribution in [-0.4, -0.2) is 63.4 Å². The van der Waals surface area contributed by atoms with Crippen molar-refractivity contribution in [2.24, 2.45) is 0 Å². The number of unbranched alkanes of at least 4 members (excludes halogenated alkanes) is 3. The molecule has 0 aromatic heterocycles. The van der Waals surface area contributed by atoms with E-state index in [2.05, 4.69) is 4.90 Å². The number of phenolic OH excluding ortho intramolecular Hbond substituents is 2. The maximum Gasteiger partial charge on any atom is 0.453 e. The number of allylic oxidation sites excluding steroid dienone is 2. The first-order valence-corrected chi connectivity index (χ1v) is 16.2. The molecular formula is C32H42F5NO3S. The van der Waals surface area contributed by atoms with Crippen molar-refractivity contribution in [2.45, 2.75) is 82.7 Å². The molecule has 4 nitrogen and oxygen atoms in total. The molecule has 0 saturated carbocycles. The number of fused-ring (bicyclic) bond motifs is 1. The summed E-state index contributed by atoms with van der Waals surface area (Å²) < 4.78 is 74.6. The molecule has 0 fully saturated rings. The van der Waals surface area contributed by atoms with Crippen molar-refractivity contribution in [1.82, 2.24) is 4.90 Å². The molecule has 1 atom stereocenters.